The van der Waals surface area contributed by atoms with Crippen LogP contribution in [0.3, 0.4) is 0 Å². The predicted molar refractivity (Wildman–Crippen MR) is 85.9 cm³/mol. The average molecular weight is 353 g/mol. The third-order valence-electron chi connectivity index (χ3n) is 4.38. The molecule has 128 valence electrons. The number of amides is 1. The van der Waals surface area contributed by atoms with Crippen LogP contribution in [0.25, 0.3) is 0 Å². The van der Waals surface area contributed by atoms with Crippen molar-refractivity contribution in [2.75, 3.05) is 13.7 Å². The van der Waals surface area contributed by atoms with Gasteiger partial charge in [-0.2, -0.15) is 5.26 Å². The summed E-state index contributed by atoms with van der Waals surface area (Å²) in [5, 5.41) is 9.63. The Kier molecular flexibility index (Phi) is 5.79. The summed E-state index contributed by atoms with van der Waals surface area (Å²) in [4.78, 5) is 25.5. The van der Waals surface area contributed by atoms with Gasteiger partial charge in [0.2, 0.25) is 0 Å². The maximum Gasteiger partial charge on any atom is 0.341 e. The number of carbonyl (C=O) groups excluding carboxylic acids is 2. The first-order chi connectivity index (χ1) is 11.4. The highest BCUT2D eigenvalue weighted by atomic mass is 35.5. The van der Waals surface area contributed by atoms with Crippen LogP contribution in [0.5, 0.6) is 0 Å². The number of esters is 1. The molecule has 0 radical (unpaired) electrons. The molecule has 1 aromatic rings. The number of halogens is 2. The summed E-state index contributed by atoms with van der Waals surface area (Å²) >= 11 is 5.62. The monoisotopic (exact) mass is 352 g/mol. The summed E-state index contributed by atoms with van der Waals surface area (Å²) < 4.78 is 18.6. The second-order valence-electron chi connectivity index (χ2n) is 5.86. The molecule has 1 amide bonds. The van der Waals surface area contributed by atoms with Crippen LogP contribution in [0.1, 0.15) is 42.5 Å². The molecule has 0 bridgehead atoms. The minimum atomic E-state index is -0.944. The van der Waals surface area contributed by atoms with Gasteiger partial charge in [0, 0.05) is 12.1 Å². The maximum absolute atomic E-state index is 13.7. The summed E-state index contributed by atoms with van der Waals surface area (Å²) in [5.74, 6) is -2.24. The van der Waals surface area contributed by atoms with Crippen LogP contribution in [0, 0.1) is 17.1 Å². The Bertz CT molecular complexity index is 681. The van der Waals surface area contributed by atoms with E-state index in [1.165, 1.54) is 24.1 Å². The summed E-state index contributed by atoms with van der Waals surface area (Å²) in [5.41, 5.74) is -1.14. The van der Waals surface area contributed by atoms with Crippen molar-refractivity contribution in [1.29, 1.82) is 5.26 Å². The van der Waals surface area contributed by atoms with E-state index < -0.39 is 29.8 Å². The van der Waals surface area contributed by atoms with Crippen molar-refractivity contribution < 1.29 is 18.7 Å². The third kappa shape index (κ3) is 3.85. The number of hydrogen-bond donors (Lipinski definition) is 0. The van der Waals surface area contributed by atoms with E-state index in [0.29, 0.717) is 12.8 Å². The Morgan fingerprint density at radius 2 is 2.04 bits per heavy atom. The van der Waals surface area contributed by atoms with E-state index in [1.54, 1.807) is 0 Å². The molecule has 1 aliphatic carbocycles. The molecular weight excluding hydrogens is 335 g/mol. The number of hydrogen-bond acceptors (Lipinski definition) is 4. The van der Waals surface area contributed by atoms with Gasteiger partial charge in [0.15, 0.2) is 6.61 Å². The molecule has 2 rings (SSSR count). The fourth-order valence-electron chi connectivity index (χ4n) is 2.85. The molecule has 0 aromatic heterocycles. The lowest BCUT2D eigenvalue weighted by molar-refractivity contribution is -0.138. The van der Waals surface area contributed by atoms with E-state index in [9.17, 15) is 19.2 Å². The van der Waals surface area contributed by atoms with Crippen molar-refractivity contribution in [3.63, 3.8) is 0 Å². The van der Waals surface area contributed by atoms with Crippen molar-refractivity contribution >= 4 is 23.5 Å². The van der Waals surface area contributed by atoms with Gasteiger partial charge in [-0.05, 0) is 31.0 Å². The molecule has 5 nitrogen and oxygen atoms in total. The summed E-state index contributed by atoms with van der Waals surface area (Å²) in [6, 6.07) is 5.78. The fourth-order valence-corrected chi connectivity index (χ4v) is 3.01. The van der Waals surface area contributed by atoms with Crippen LogP contribution >= 0.6 is 11.6 Å². The van der Waals surface area contributed by atoms with Crippen molar-refractivity contribution in [3.8, 4) is 6.07 Å². The number of carbonyl (C=O) groups is 2. The molecule has 0 N–H and O–H groups in total. The van der Waals surface area contributed by atoms with E-state index in [-0.39, 0.29) is 10.6 Å². The average Bonchev–Trinajstić information content (AvgIpc) is 2.59. The van der Waals surface area contributed by atoms with Crippen LogP contribution in [-0.2, 0) is 9.53 Å². The normalized spacial score (nSPS) is 16.1. The standard InChI is InChI=1S/C17H18ClFN2O3/c1-21(17(11-20)7-3-2-4-8-17)15(22)10-24-16(23)13-6-5-12(18)9-14(13)19/h5-6,9H,2-4,7-8,10H2,1H3. The predicted octanol–water partition coefficient (Wildman–Crippen LogP) is 3.32. The van der Waals surface area contributed by atoms with Crippen molar-refractivity contribution in [1.82, 2.24) is 4.90 Å². The number of nitrogens with zero attached hydrogens (tertiary/aromatic N) is 2. The van der Waals surface area contributed by atoms with Gasteiger partial charge in [-0.1, -0.05) is 30.9 Å². The first-order valence-electron chi connectivity index (χ1n) is 7.70. The Morgan fingerprint density at radius 1 is 1.38 bits per heavy atom. The van der Waals surface area contributed by atoms with Crippen molar-refractivity contribution in [2.24, 2.45) is 0 Å². The molecule has 0 aliphatic heterocycles. The van der Waals surface area contributed by atoms with Crippen LogP contribution < -0.4 is 0 Å². The molecular formula is C17H18ClFN2O3. The zero-order valence-electron chi connectivity index (χ0n) is 13.3. The van der Waals surface area contributed by atoms with E-state index >= 15 is 0 Å². The molecule has 1 saturated carbocycles. The SMILES string of the molecule is CN(C(=O)COC(=O)c1ccc(Cl)cc1F)C1(C#N)CCCCC1. The lowest BCUT2D eigenvalue weighted by Crippen LogP contribution is -2.51. The minimum absolute atomic E-state index is 0.160. The van der Waals surface area contributed by atoms with E-state index in [0.717, 1.165) is 25.3 Å². The fraction of sp³-hybridized carbons (Fsp3) is 0.471. The quantitative estimate of drug-likeness (QED) is 0.779. The molecule has 7 heteroatoms. The number of benzene rings is 1. The summed E-state index contributed by atoms with van der Waals surface area (Å²) in [6.07, 6.45) is 4.00. The second kappa shape index (κ2) is 7.63. The third-order valence-corrected chi connectivity index (χ3v) is 4.62. The van der Waals surface area contributed by atoms with Crippen LogP contribution in [0.4, 0.5) is 4.39 Å². The van der Waals surface area contributed by atoms with Gasteiger partial charge in [0.1, 0.15) is 11.4 Å². The van der Waals surface area contributed by atoms with Gasteiger partial charge in [-0.3, -0.25) is 4.79 Å². The number of likely N-dealkylation sites (N-methyl/N-ethyl adjacent to an activating group) is 1. The topological polar surface area (TPSA) is 70.4 Å². The highest BCUT2D eigenvalue weighted by Crippen LogP contribution is 2.32. The summed E-state index contributed by atoms with van der Waals surface area (Å²) in [7, 11) is 1.54. The van der Waals surface area contributed by atoms with E-state index in [4.69, 9.17) is 16.3 Å². The molecule has 0 heterocycles. The molecule has 1 aromatic carbocycles. The minimum Gasteiger partial charge on any atom is -0.452 e. The van der Waals surface area contributed by atoms with Gasteiger partial charge in [-0.15, -0.1) is 0 Å². The van der Waals surface area contributed by atoms with Crippen LogP contribution in [0.2, 0.25) is 5.02 Å². The zero-order valence-corrected chi connectivity index (χ0v) is 14.1. The lowest BCUT2D eigenvalue weighted by Gasteiger charge is -2.38. The number of rotatable bonds is 4. The molecule has 24 heavy (non-hydrogen) atoms. The Labute approximate surface area is 144 Å². The molecule has 0 saturated heterocycles. The molecule has 1 aliphatic rings. The van der Waals surface area contributed by atoms with Gasteiger partial charge in [0.25, 0.3) is 5.91 Å². The maximum atomic E-state index is 13.7. The van der Waals surface area contributed by atoms with Gasteiger partial charge < -0.3 is 9.64 Å². The Balaban J connectivity index is 1.99. The largest absolute Gasteiger partial charge is 0.452 e. The molecule has 0 atom stereocenters. The van der Waals surface area contributed by atoms with Crippen molar-refractivity contribution in [3.05, 3.63) is 34.6 Å². The van der Waals surface area contributed by atoms with Gasteiger partial charge in [0.05, 0.1) is 11.6 Å². The first-order valence-corrected chi connectivity index (χ1v) is 8.07. The second-order valence-corrected chi connectivity index (χ2v) is 6.29. The van der Waals surface area contributed by atoms with Gasteiger partial charge >= 0.3 is 5.97 Å². The lowest BCUT2D eigenvalue weighted by atomic mass is 9.81. The molecule has 0 spiro atoms. The zero-order chi connectivity index (χ0) is 17.7. The molecule has 0 unspecified atom stereocenters. The van der Waals surface area contributed by atoms with Crippen molar-refractivity contribution in [2.45, 2.75) is 37.6 Å². The van der Waals surface area contributed by atoms with Crippen LogP contribution in [0.15, 0.2) is 18.2 Å². The van der Waals surface area contributed by atoms with E-state index in [2.05, 4.69) is 6.07 Å². The molecule has 1 fully saturated rings. The first kappa shape index (κ1) is 18.2. The van der Waals surface area contributed by atoms with E-state index in [1.807, 2.05) is 0 Å². The van der Waals surface area contributed by atoms with Crippen LogP contribution in [-0.4, -0.2) is 36.0 Å². The highest BCUT2D eigenvalue weighted by molar-refractivity contribution is 6.30. The summed E-state index contributed by atoms with van der Waals surface area (Å²) in [6.45, 7) is -0.541. The number of nitriles is 1. The number of ether oxygens (including phenoxy) is 1. The van der Waals surface area contributed by atoms with Gasteiger partial charge in [-0.25, -0.2) is 9.18 Å². The smallest absolute Gasteiger partial charge is 0.341 e. The highest BCUT2D eigenvalue weighted by Gasteiger charge is 2.39. The Hall–Kier alpha value is -2.13. The Morgan fingerprint density at radius 3 is 2.62 bits per heavy atom.